The Bertz CT molecular complexity index is 1020. The van der Waals surface area contributed by atoms with Crippen LogP contribution in [0.2, 0.25) is 10.0 Å². The number of benzene rings is 1. The summed E-state index contributed by atoms with van der Waals surface area (Å²) in [6, 6.07) is 11.3. The summed E-state index contributed by atoms with van der Waals surface area (Å²) in [4.78, 5) is 21.2. The molecule has 0 saturated heterocycles. The van der Waals surface area contributed by atoms with Crippen LogP contribution in [0.25, 0.3) is 0 Å². The highest BCUT2D eigenvalue weighted by Gasteiger charge is 2.21. The molecule has 164 valence electrons. The van der Waals surface area contributed by atoms with Crippen LogP contribution in [0.1, 0.15) is 43.4 Å². The van der Waals surface area contributed by atoms with E-state index < -0.39 is 6.09 Å². The van der Waals surface area contributed by atoms with Gasteiger partial charge in [0.25, 0.3) is 0 Å². The number of rotatable bonds is 9. The molecule has 0 aliphatic carbocycles. The molecule has 6 nitrogen and oxygen atoms in total. The number of imidazole rings is 1. The lowest BCUT2D eigenvalue weighted by molar-refractivity contribution is 0.155. The molecule has 0 aliphatic rings. The van der Waals surface area contributed by atoms with E-state index in [1.165, 1.54) is 0 Å². The van der Waals surface area contributed by atoms with Gasteiger partial charge in [-0.1, -0.05) is 54.9 Å². The third kappa shape index (κ3) is 6.63. The van der Waals surface area contributed by atoms with Gasteiger partial charge in [0.15, 0.2) is 0 Å². The van der Waals surface area contributed by atoms with Gasteiger partial charge in [-0.05, 0) is 42.7 Å². The average Bonchev–Trinajstić information content (AvgIpc) is 3.02. The summed E-state index contributed by atoms with van der Waals surface area (Å²) in [7, 11) is 0. The minimum absolute atomic E-state index is 0.211. The molecule has 0 aliphatic heterocycles. The fourth-order valence-electron chi connectivity index (χ4n) is 3.10. The molecule has 1 aromatic carbocycles. The van der Waals surface area contributed by atoms with Crippen molar-refractivity contribution < 1.29 is 9.53 Å². The second kappa shape index (κ2) is 10.9. The van der Waals surface area contributed by atoms with E-state index in [-0.39, 0.29) is 12.5 Å². The van der Waals surface area contributed by atoms with Crippen molar-refractivity contribution in [2.75, 3.05) is 6.61 Å². The first-order valence-corrected chi connectivity index (χ1v) is 11.5. The Morgan fingerprint density at radius 2 is 1.97 bits per heavy atom. The summed E-state index contributed by atoms with van der Waals surface area (Å²) in [6.07, 6.45) is 2.26. The molecule has 3 rings (SSSR count). The second-order valence-corrected chi connectivity index (χ2v) is 9.19. The van der Waals surface area contributed by atoms with Gasteiger partial charge < -0.3 is 15.0 Å². The van der Waals surface area contributed by atoms with E-state index in [4.69, 9.17) is 38.7 Å². The van der Waals surface area contributed by atoms with E-state index in [9.17, 15) is 4.79 Å². The van der Waals surface area contributed by atoms with Crippen molar-refractivity contribution in [3.63, 3.8) is 0 Å². The lowest BCUT2D eigenvalue weighted by Gasteiger charge is -2.13. The maximum absolute atomic E-state index is 10.9. The van der Waals surface area contributed by atoms with Crippen molar-refractivity contribution in [1.82, 2.24) is 14.5 Å². The molecule has 2 N–H and O–H groups in total. The number of primary amides is 1. The average molecular weight is 479 g/mol. The van der Waals surface area contributed by atoms with Crippen LogP contribution in [-0.4, -0.2) is 27.2 Å². The Balaban J connectivity index is 1.99. The molecular weight excluding hydrogens is 455 g/mol. The minimum Gasteiger partial charge on any atom is -0.450 e. The second-order valence-electron chi connectivity index (χ2n) is 7.26. The van der Waals surface area contributed by atoms with Gasteiger partial charge in [-0.25, -0.2) is 9.78 Å². The van der Waals surface area contributed by atoms with Gasteiger partial charge in [0, 0.05) is 27.6 Å². The number of nitrogens with zero attached hydrogens (tertiary/aromatic N) is 3. The molecule has 2 heterocycles. The van der Waals surface area contributed by atoms with Crippen LogP contribution >= 0.6 is 35.0 Å². The van der Waals surface area contributed by atoms with Crippen LogP contribution in [0.5, 0.6) is 0 Å². The van der Waals surface area contributed by atoms with Gasteiger partial charge >= 0.3 is 6.09 Å². The van der Waals surface area contributed by atoms with Gasteiger partial charge in [-0.15, -0.1) is 0 Å². The van der Waals surface area contributed by atoms with Crippen molar-refractivity contribution >= 4 is 41.1 Å². The fourth-order valence-corrected chi connectivity index (χ4v) is 5.01. The van der Waals surface area contributed by atoms with Gasteiger partial charge in [0.2, 0.25) is 0 Å². The maximum atomic E-state index is 10.9. The molecule has 0 unspecified atom stereocenters. The van der Waals surface area contributed by atoms with Crippen molar-refractivity contribution in [1.29, 1.82) is 0 Å². The first-order valence-electron chi connectivity index (χ1n) is 9.89. The lowest BCUT2D eigenvalue weighted by atomic mass is 10.1. The molecule has 0 radical (unpaired) electrons. The van der Waals surface area contributed by atoms with Crippen LogP contribution in [0.15, 0.2) is 52.5 Å². The Morgan fingerprint density at radius 1 is 1.23 bits per heavy atom. The Kier molecular flexibility index (Phi) is 8.23. The van der Waals surface area contributed by atoms with Gasteiger partial charge in [-0.2, -0.15) is 0 Å². The summed E-state index contributed by atoms with van der Waals surface area (Å²) < 4.78 is 7.05. The lowest BCUT2D eigenvalue weighted by Crippen LogP contribution is -2.15. The highest BCUT2D eigenvalue weighted by molar-refractivity contribution is 7.99. The molecule has 31 heavy (non-hydrogen) atoms. The topological polar surface area (TPSA) is 83.0 Å². The number of hydrogen-bond donors (Lipinski definition) is 1. The van der Waals surface area contributed by atoms with E-state index in [1.54, 1.807) is 24.0 Å². The zero-order chi connectivity index (χ0) is 22.4. The SMILES string of the molecule is CC(C)c1nc(CCCOC(N)=O)n(Cc2ccccn2)c1Sc1cc(Cl)cc(Cl)c1. The molecule has 2 aromatic heterocycles. The van der Waals surface area contributed by atoms with Crippen LogP contribution in [-0.2, 0) is 17.7 Å². The number of amides is 1. The predicted octanol–water partition coefficient (Wildman–Crippen LogP) is 5.94. The predicted molar refractivity (Wildman–Crippen MR) is 124 cm³/mol. The number of ether oxygens (including phenoxy) is 1. The van der Waals surface area contributed by atoms with Crippen LogP contribution in [0.3, 0.4) is 0 Å². The Labute approximate surface area is 196 Å². The van der Waals surface area contributed by atoms with Crippen LogP contribution in [0, 0.1) is 0 Å². The van der Waals surface area contributed by atoms with Crippen LogP contribution < -0.4 is 5.73 Å². The van der Waals surface area contributed by atoms with E-state index in [0.29, 0.717) is 29.4 Å². The normalized spacial score (nSPS) is 11.1. The molecule has 0 atom stereocenters. The van der Waals surface area contributed by atoms with Gasteiger partial charge in [0.1, 0.15) is 10.9 Å². The van der Waals surface area contributed by atoms with Gasteiger partial charge in [-0.3, -0.25) is 4.98 Å². The Morgan fingerprint density at radius 3 is 2.58 bits per heavy atom. The van der Waals surface area contributed by atoms with E-state index >= 15 is 0 Å². The first kappa shape index (κ1) is 23.4. The molecule has 9 heteroatoms. The number of aryl methyl sites for hydroxylation is 1. The monoisotopic (exact) mass is 478 g/mol. The number of carbonyl (C=O) groups excluding carboxylic acids is 1. The fraction of sp³-hybridized carbons (Fsp3) is 0.318. The number of nitrogens with two attached hydrogens (primary N) is 1. The number of hydrogen-bond acceptors (Lipinski definition) is 5. The van der Waals surface area contributed by atoms with Crippen molar-refractivity contribution in [3.05, 3.63) is 69.9 Å². The maximum Gasteiger partial charge on any atom is 0.404 e. The number of carbonyl (C=O) groups is 1. The largest absolute Gasteiger partial charge is 0.450 e. The smallest absolute Gasteiger partial charge is 0.404 e. The van der Waals surface area contributed by atoms with E-state index in [2.05, 4.69) is 23.4 Å². The van der Waals surface area contributed by atoms with Crippen molar-refractivity contribution in [2.45, 2.75) is 49.1 Å². The molecule has 0 spiro atoms. The molecular formula is C22H24Cl2N4O2S. The highest BCUT2D eigenvalue weighted by Crippen LogP contribution is 2.37. The minimum atomic E-state index is -0.770. The van der Waals surface area contributed by atoms with Crippen LogP contribution in [0.4, 0.5) is 4.79 Å². The standard InChI is InChI=1S/C22H24Cl2N4O2S/c1-14(2)20-21(31-18-11-15(23)10-16(24)12-18)28(13-17-6-3-4-8-26-17)19(27-20)7-5-9-30-22(25)29/h3-4,6,8,10-12,14H,5,7,9,13H2,1-2H3,(H2,25,29). The zero-order valence-electron chi connectivity index (χ0n) is 17.3. The van der Waals surface area contributed by atoms with E-state index in [0.717, 1.165) is 27.1 Å². The van der Waals surface area contributed by atoms with Gasteiger partial charge in [0.05, 0.1) is 24.5 Å². The quantitative estimate of drug-likeness (QED) is 0.385. The van der Waals surface area contributed by atoms with E-state index in [1.807, 2.05) is 30.3 Å². The summed E-state index contributed by atoms with van der Waals surface area (Å²) in [5, 5.41) is 2.19. The molecule has 0 saturated carbocycles. The highest BCUT2D eigenvalue weighted by atomic mass is 35.5. The first-order chi connectivity index (χ1) is 14.8. The third-order valence-corrected chi connectivity index (χ3v) is 5.99. The zero-order valence-corrected chi connectivity index (χ0v) is 19.7. The molecule has 0 bridgehead atoms. The summed E-state index contributed by atoms with van der Waals surface area (Å²) in [6.45, 7) is 5.04. The molecule has 0 fully saturated rings. The molecule has 3 aromatic rings. The summed E-state index contributed by atoms with van der Waals surface area (Å²) in [5.74, 6) is 1.11. The van der Waals surface area contributed by atoms with Crippen molar-refractivity contribution in [3.8, 4) is 0 Å². The summed E-state index contributed by atoms with van der Waals surface area (Å²) >= 11 is 14.0. The Hall–Kier alpha value is -2.22. The van der Waals surface area contributed by atoms with Crippen molar-refractivity contribution in [2.24, 2.45) is 5.73 Å². The third-order valence-electron chi connectivity index (χ3n) is 4.46. The molecule has 1 amide bonds. The number of pyridine rings is 1. The number of halogens is 2. The number of aromatic nitrogens is 3. The summed E-state index contributed by atoms with van der Waals surface area (Å²) in [5.41, 5.74) is 6.98.